The first-order valence-electron chi connectivity index (χ1n) is 11.1. The third-order valence-corrected chi connectivity index (χ3v) is 4.91. The third kappa shape index (κ3) is 10.5. The molecule has 0 saturated heterocycles. The van der Waals surface area contributed by atoms with Crippen molar-refractivity contribution in [3.63, 3.8) is 0 Å². The number of benzene rings is 1. The second kappa shape index (κ2) is 15.1. The lowest BCUT2D eigenvalue weighted by Crippen LogP contribution is -2.18. The SMILES string of the molecule is CCCCCCCCC(=O)Oc1ccccc1OC(=O)C(C)CCCCCC. The van der Waals surface area contributed by atoms with E-state index in [-0.39, 0.29) is 17.9 Å². The molecule has 1 rings (SSSR count). The van der Waals surface area contributed by atoms with Crippen LogP contribution in [-0.4, -0.2) is 11.9 Å². The summed E-state index contributed by atoms with van der Waals surface area (Å²) in [5.74, 6) is -0.0551. The molecular formula is C24H38O4. The van der Waals surface area contributed by atoms with Gasteiger partial charge in [-0.05, 0) is 25.0 Å². The largest absolute Gasteiger partial charge is 0.423 e. The maximum Gasteiger partial charge on any atom is 0.314 e. The van der Waals surface area contributed by atoms with E-state index in [1.807, 2.05) is 6.92 Å². The third-order valence-electron chi connectivity index (χ3n) is 4.91. The first kappa shape index (κ1) is 24.2. The first-order valence-corrected chi connectivity index (χ1v) is 11.1. The van der Waals surface area contributed by atoms with E-state index in [4.69, 9.17) is 9.47 Å². The standard InChI is InChI=1S/C24H38O4/c1-4-6-8-10-11-13-19-23(25)27-21-17-14-15-18-22(21)28-24(26)20(3)16-12-9-7-5-2/h14-15,17-18,20H,4-13,16,19H2,1-3H3. The molecule has 1 atom stereocenters. The van der Waals surface area contributed by atoms with Gasteiger partial charge in [0.2, 0.25) is 0 Å². The fourth-order valence-electron chi connectivity index (χ4n) is 3.05. The molecule has 0 spiro atoms. The van der Waals surface area contributed by atoms with Gasteiger partial charge in [0, 0.05) is 6.42 Å². The van der Waals surface area contributed by atoms with Crippen molar-refractivity contribution in [2.45, 2.75) is 97.8 Å². The molecule has 1 aromatic rings. The predicted molar refractivity (Wildman–Crippen MR) is 114 cm³/mol. The summed E-state index contributed by atoms with van der Waals surface area (Å²) in [6.45, 7) is 6.25. The zero-order valence-electron chi connectivity index (χ0n) is 18.0. The molecule has 0 saturated carbocycles. The Bertz CT molecular complexity index is 567. The van der Waals surface area contributed by atoms with Crippen LogP contribution >= 0.6 is 0 Å². The van der Waals surface area contributed by atoms with Crippen LogP contribution in [-0.2, 0) is 9.59 Å². The Morgan fingerprint density at radius 1 is 0.786 bits per heavy atom. The minimum atomic E-state index is -0.272. The Labute approximate surface area is 171 Å². The molecule has 4 nitrogen and oxygen atoms in total. The summed E-state index contributed by atoms with van der Waals surface area (Å²) in [4.78, 5) is 24.5. The Kier molecular flexibility index (Phi) is 13.1. The molecule has 0 amide bonds. The summed E-state index contributed by atoms with van der Waals surface area (Å²) in [6, 6.07) is 6.90. The van der Waals surface area contributed by atoms with Crippen LogP contribution in [0.2, 0.25) is 0 Å². The monoisotopic (exact) mass is 390 g/mol. The van der Waals surface area contributed by atoms with Crippen LogP contribution in [0, 0.1) is 5.92 Å². The van der Waals surface area contributed by atoms with Crippen LogP contribution in [0.5, 0.6) is 11.5 Å². The summed E-state index contributed by atoms with van der Waals surface area (Å²) in [5.41, 5.74) is 0. The Morgan fingerprint density at radius 3 is 1.96 bits per heavy atom. The molecule has 158 valence electrons. The number of hydrogen-bond acceptors (Lipinski definition) is 4. The number of para-hydroxylation sites is 2. The van der Waals surface area contributed by atoms with Crippen molar-refractivity contribution in [1.29, 1.82) is 0 Å². The molecular weight excluding hydrogens is 352 g/mol. The summed E-state index contributed by atoms with van der Waals surface area (Å²) in [5, 5.41) is 0. The van der Waals surface area contributed by atoms with Gasteiger partial charge in [0.05, 0.1) is 5.92 Å². The van der Waals surface area contributed by atoms with E-state index in [0.29, 0.717) is 17.9 Å². The van der Waals surface area contributed by atoms with Crippen molar-refractivity contribution >= 4 is 11.9 Å². The first-order chi connectivity index (χ1) is 13.6. The van der Waals surface area contributed by atoms with Gasteiger partial charge in [0.15, 0.2) is 11.5 Å². The summed E-state index contributed by atoms with van der Waals surface area (Å²) in [6.07, 6.45) is 12.5. The second-order valence-corrected chi connectivity index (χ2v) is 7.61. The van der Waals surface area contributed by atoms with Gasteiger partial charge in [-0.3, -0.25) is 9.59 Å². The van der Waals surface area contributed by atoms with E-state index >= 15 is 0 Å². The summed E-state index contributed by atoms with van der Waals surface area (Å²) < 4.78 is 11.0. The highest BCUT2D eigenvalue weighted by Gasteiger charge is 2.18. The van der Waals surface area contributed by atoms with E-state index in [2.05, 4.69) is 13.8 Å². The molecule has 28 heavy (non-hydrogen) atoms. The molecule has 0 aromatic heterocycles. The van der Waals surface area contributed by atoms with Crippen LogP contribution in [0.15, 0.2) is 24.3 Å². The van der Waals surface area contributed by atoms with Gasteiger partial charge in [-0.25, -0.2) is 0 Å². The number of esters is 2. The van der Waals surface area contributed by atoms with E-state index in [0.717, 1.165) is 38.5 Å². The van der Waals surface area contributed by atoms with Crippen molar-refractivity contribution in [2.24, 2.45) is 5.92 Å². The number of carbonyl (C=O) groups excluding carboxylic acids is 2. The quantitative estimate of drug-likeness (QED) is 0.187. The summed E-state index contributed by atoms with van der Waals surface area (Å²) >= 11 is 0. The maximum absolute atomic E-state index is 12.3. The number of carbonyl (C=O) groups is 2. The molecule has 0 bridgehead atoms. The minimum Gasteiger partial charge on any atom is -0.423 e. The van der Waals surface area contributed by atoms with E-state index in [1.165, 1.54) is 32.1 Å². The lowest BCUT2D eigenvalue weighted by atomic mass is 10.0. The Morgan fingerprint density at radius 2 is 1.32 bits per heavy atom. The molecule has 0 N–H and O–H groups in total. The van der Waals surface area contributed by atoms with Crippen LogP contribution < -0.4 is 9.47 Å². The number of hydrogen-bond donors (Lipinski definition) is 0. The highest BCUT2D eigenvalue weighted by atomic mass is 16.6. The van der Waals surface area contributed by atoms with Crippen molar-refractivity contribution in [3.05, 3.63) is 24.3 Å². The molecule has 1 aromatic carbocycles. The second-order valence-electron chi connectivity index (χ2n) is 7.61. The smallest absolute Gasteiger partial charge is 0.314 e. The molecule has 1 unspecified atom stereocenters. The Balaban J connectivity index is 2.44. The molecule has 0 aliphatic carbocycles. The van der Waals surface area contributed by atoms with Gasteiger partial charge < -0.3 is 9.47 Å². The zero-order chi connectivity index (χ0) is 20.6. The molecule has 0 aliphatic rings. The van der Waals surface area contributed by atoms with Crippen LogP contribution in [0.25, 0.3) is 0 Å². The lowest BCUT2D eigenvalue weighted by Gasteiger charge is -2.13. The molecule has 0 aliphatic heterocycles. The van der Waals surface area contributed by atoms with Gasteiger partial charge in [0.1, 0.15) is 0 Å². The van der Waals surface area contributed by atoms with Crippen LogP contribution in [0.1, 0.15) is 97.8 Å². The summed E-state index contributed by atoms with van der Waals surface area (Å²) in [7, 11) is 0. The minimum absolute atomic E-state index is 0.163. The van der Waals surface area contributed by atoms with Crippen molar-refractivity contribution < 1.29 is 19.1 Å². The van der Waals surface area contributed by atoms with Gasteiger partial charge >= 0.3 is 11.9 Å². The van der Waals surface area contributed by atoms with Gasteiger partial charge in [-0.2, -0.15) is 0 Å². The highest BCUT2D eigenvalue weighted by Crippen LogP contribution is 2.28. The molecule has 0 heterocycles. The van der Waals surface area contributed by atoms with Crippen molar-refractivity contribution in [3.8, 4) is 11.5 Å². The average molecular weight is 391 g/mol. The van der Waals surface area contributed by atoms with Gasteiger partial charge in [-0.1, -0.05) is 90.7 Å². The highest BCUT2D eigenvalue weighted by molar-refractivity contribution is 5.77. The normalized spacial score (nSPS) is 11.8. The average Bonchev–Trinajstić information content (AvgIpc) is 2.69. The van der Waals surface area contributed by atoms with E-state index < -0.39 is 0 Å². The zero-order valence-corrected chi connectivity index (χ0v) is 18.0. The molecule has 0 radical (unpaired) electrons. The van der Waals surface area contributed by atoms with Gasteiger partial charge in [-0.15, -0.1) is 0 Å². The van der Waals surface area contributed by atoms with Crippen molar-refractivity contribution in [1.82, 2.24) is 0 Å². The molecule has 4 heteroatoms. The fourth-order valence-corrected chi connectivity index (χ4v) is 3.05. The number of rotatable bonds is 15. The predicted octanol–water partition coefficient (Wildman–Crippen LogP) is 6.85. The van der Waals surface area contributed by atoms with E-state index in [1.54, 1.807) is 24.3 Å². The maximum atomic E-state index is 12.3. The Hall–Kier alpha value is -1.84. The molecule has 0 fully saturated rings. The van der Waals surface area contributed by atoms with Crippen molar-refractivity contribution in [2.75, 3.05) is 0 Å². The number of ether oxygens (including phenoxy) is 2. The fraction of sp³-hybridized carbons (Fsp3) is 0.667. The topological polar surface area (TPSA) is 52.6 Å². The van der Waals surface area contributed by atoms with Crippen LogP contribution in [0.3, 0.4) is 0 Å². The van der Waals surface area contributed by atoms with E-state index in [9.17, 15) is 9.59 Å². The van der Waals surface area contributed by atoms with Gasteiger partial charge in [0.25, 0.3) is 0 Å². The number of unbranched alkanes of at least 4 members (excludes halogenated alkanes) is 8. The van der Waals surface area contributed by atoms with Crippen LogP contribution in [0.4, 0.5) is 0 Å². The lowest BCUT2D eigenvalue weighted by molar-refractivity contribution is -0.140.